The summed E-state index contributed by atoms with van der Waals surface area (Å²) in [6, 6.07) is 6.56. The molecule has 0 aromatic heterocycles. The predicted molar refractivity (Wildman–Crippen MR) is 75.6 cm³/mol. The Morgan fingerprint density at radius 1 is 1.41 bits per heavy atom. The largest absolute Gasteiger partial charge is 0.395 e. The standard InChI is InChI=1S/C14H23NOS/c1-4-7-15-9-13-5-6-14(11(2)8-13)17-12(3)10-16/h5-6,8,12,15-16H,4,7,9-10H2,1-3H3. The number of aryl methyl sites for hydroxylation is 1. The highest BCUT2D eigenvalue weighted by Gasteiger charge is 2.06. The molecule has 0 radical (unpaired) electrons. The summed E-state index contributed by atoms with van der Waals surface area (Å²) in [6.07, 6.45) is 1.17. The normalized spacial score (nSPS) is 12.7. The quantitative estimate of drug-likeness (QED) is 0.579. The van der Waals surface area contributed by atoms with Gasteiger partial charge in [0.2, 0.25) is 0 Å². The molecule has 0 fully saturated rings. The zero-order chi connectivity index (χ0) is 12.7. The van der Waals surface area contributed by atoms with Gasteiger partial charge in [-0.3, -0.25) is 0 Å². The maximum absolute atomic E-state index is 9.05. The maximum atomic E-state index is 9.05. The van der Waals surface area contributed by atoms with Gasteiger partial charge in [0, 0.05) is 16.7 Å². The number of aliphatic hydroxyl groups excluding tert-OH is 1. The molecule has 0 heterocycles. The van der Waals surface area contributed by atoms with Crippen molar-refractivity contribution in [2.75, 3.05) is 13.2 Å². The van der Waals surface area contributed by atoms with E-state index >= 15 is 0 Å². The summed E-state index contributed by atoms with van der Waals surface area (Å²) >= 11 is 1.74. The molecule has 0 aliphatic carbocycles. The molecule has 2 nitrogen and oxygen atoms in total. The van der Waals surface area contributed by atoms with Gasteiger partial charge in [-0.15, -0.1) is 11.8 Å². The Balaban J connectivity index is 2.59. The molecule has 0 saturated heterocycles. The van der Waals surface area contributed by atoms with Gasteiger partial charge in [-0.2, -0.15) is 0 Å². The molecular weight excluding hydrogens is 230 g/mol. The van der Waals surface area contributed by atoms with Gasteiger partial charge in [-0.25, -0.2) is 0 Å². The Labute approximate surface area is 109 Å². The molecule has 0 spiro atoms. The van der Waals surface area contributed by atoms with Gasteiger partial charge in [-0.05, 0) is 37.1 Å². The molecule has 0 aliphatic rings. The first-order chi connectivity index (χ1) is 8.17. The third-order valence-corrected chi connectivity index (χ3v) is 3.84. The van der Waals surface area contributed by atoms with Gasteiger partial charge >= 0.3 is 0 Å². The minimum atomic E-state index is 0.226. The van der Waals surface area contributed by atoms with Crippen molar-refractivity contribution in [2.24, 2.45) is 0 Å². The number of aliphatic hydroxyl groups is 1. The predicted octanol–water partition coefficient (Wildman–Crippen LogP) is 2.97. The van der Waals surface area contributed by atoms with Crippen LogP contribution in [0.3, 0.4) is 0 Å². The molecule has 0 bridgehead atoms. The molecule has 1 atom stereocenters. The fraction of sp³-hybridized carbons (Fsp3) is 0.571. The van der Waals surface area contributed by atoms with Crippen LogP contribution in [-0.2, 0) is 6.54 Å². The number of benzene rings is 1. The molecule has 0 saturated carbocycles. The van der Waals surface area contributed by atoms with Crippen LogP contribution in [0, 0.1) is 6.92 Å². The van der Waals surface area contributed by atoms with E-state index in [-0.39, 0.29) is 11.9 Å². The molecule has 0 amide bonds. The second-order valence-corrected chi connectivity index (χ2v) is 5.87. The molecule has 1 rings (SSSR count). The molecule has 2 N–H and O–H groups in total. The average Bonchev–Trinajstić information content (AvgIpc) is 2.32. The molecule has 1 unspecified atom stereocenters. The van der Waals surface area contributed by atoms with Crippen LogP contribution in [0.15, 0.2) is 23.1 Å². The van der Waals surface area contributed by atoms with Crippen molar-refractivity contribution >= 4 is 11.8 Å². The van der Waals surface area contributed by atoms with Gasteiger partial charge in [0.25, 0.3) is 0 Å². The Morgan fingerprint density at radius 3 is 2.76 bits per heavy atom. The number of rotatable bonds is 7. The monoisotopic (exact) mass is 253 g/mol. The average molecular weight is 253 g/mol. The van der Waals surface area contributed by atoms with E-state index < -0.39 is 0 Å². The third-order valence-electron chi connectivity index (χ3n) is 2.58. The van der Waals surface area contributed by atoms with Crippen molar-refractivity contribution in [1.29, 1.82) is 0 Å². The number of thioether (sulfide) groups is 1. The van der Waals surface area contributed by atoms with Gasteiger partial charge in [-0.1, -0.05) is 26.0 Å². The summed E-state index contributed by atoms with van der Waals surface area (Å²) in [6.45, 7) is 8.58. The minimum Gasteiger partial charge on any atom is -0.395 e. The second-order valence-electron chi connectivity index (χ2n) is 4.39. The number of hydrogen-bond acceptors (Lipinski definition) is 3. The van der Waals surface area contributed by atoms with Crippen LogP contribution in [0.2, 0.25) is 0 Å². The van der Waals surface area contributed by atoms with Crippen LogP contribution in [0.25, 0.3) is 0 Å². The van der Waals surface area contributed by atoms with E-state index in [4.69, 9.17) is 5.11 Å². The van der Waals surface area contributed by atoms with E-state index in [0.717, 1.165) is 13.1 Å². The number of nitrogens with one attached hydrogen (secondary N) is 1. The Morgan fingerprint density at radius 2 is 2.18 bits per heavy atom. The Kier molecular flexibility index (Phi) is 6.63. The van der Waals surface area contributed by atoms with E-state index in [1.54, 1.807) is 11.8 Å². The molecule has 96 valence electrons. The van der Waals surface area contributed by atoms with E-state index in [1.165, 1.54) is 22.4 Å². The smallest absolute Gasteiger partial charge is 0.0550 e. The zero-order valence-corrected chi connectivity index (χ0v) is 11.8. The van der Waals surface area contributed by atoms with Crippen molar-refractivity contribution in [3.63, 3.8) is 0 Å². The van der Waals surface area contributed by atoms with Crippen LogP contribution in [0.4, 0.5) is 0 Å². The van der Waals surface area contributed by atoms with Crippen LogP contribution in [0.1, 0.15) is 31.4 Å². The lowest BCUT2D eigenvalue weighted by Gasteiger charge is -2.12. The lowest BCUT2D eigenvalue weighted by molar-refractivity contribution is 0.300. The fourth-order valence-corrected chi connectivity index (χ4v) is 2.52. The first-order valence-electron chi connectivity index (χ1n) is 6.25. The summed E-state index contributed by atoms with van der Waals surface area (Å²) in [7, 11) is 0. The van der Waals surface area contributed by atoms with E-state index in [9.17, 15) is 0 Å². The third kappa shape index (κ3) is 5.11. The van der Waals surface area contributed by atoms with Crippen molar-refractivity contribution in [2.45, 2.75) is 43.9 Å². The van der Waals surface area contributed by atoms with Crippen molar-refractivity contribution in [3.8, 4) is 0 Å². The van der Waals surface area contributed by atoms with E-state index in [1.807, 2.05) is 6.92 Å². The summed E-state index contributed by atoms with van der Waals surface area (Å²) in [5.74, 6) is 0. The number of hydrogen-bond donors (Lipinski definition) is 2. The first kappa shape index (κ1) is 14.6. The van der Waals surface area contributed by atoms with Gasteiger partial charge in [0.05, 0.1) is 6.61 Å². The molecule has 1 aromatic carbocycles. The molecule has 1 aromatic rings. The van der Waals surface area contributed by atoms with Gasteiger partial charge in [0.15, 0.2) is 0 Å². The van der Waals surface area contributed by atoms with Crippen LogP contribution < -0.4 is 5.32 Å². The summed E-state index contributed by atoms with van der Waals surface area (Å²) in [5, 5.41) is 12.7. The van der Waals surface area contributed by atoms with E-state index in [2.05, 4.69) is 37.4 Å². The van der Waals surface area contributed by atoms with Crippen molar-refractivity contribution in [3.05, 3.63) is 29.3 Å². The van der Waals surface area contributed by atoms with E-state index in [0.29, 0.717) is 0 Å². The Bertz CT molecular complexity index is 341. The van der Waals surface area contributed by atoms with Crippen LogP contribution >= 0.6 is 11.8 Å². The van der Waals surface area contributed by atoms with Gasteiger partial charge in [0.1, 0.15) is 0 Å². The fourth-order valence-electron chi connectivity index (χ4n) is 1.62. The second kappa shape index (κ2) is 7.75. The lowest BCUT2D eigenvalue weighted by atomic mass is 10.1. The molecule has 3 heteroatoms. The Hall–Kier alpha value is -0.510. The van der Waals surface area contributed by atoms with Crippen molar-refractivity contribution in [1.82, 2.24) is 5.32 Å². The van der Waals surface area contributed by atoms with Crippen LogP contribution in [-0.4, -0.2) is 23.5 Å². The highest BCUT2D eigenvalue weighted by Crippen LogP contribution is 2.26. The summed E-state index contributed by atoms with van der Waals surface area (Å²) < 4.78 is 0. The SMILES string of the molecule is CCCNCc1ccc(SC(C)CO)c(C)c1. The minimum absolute atomic E-state index is 0.226. The first-order valence-corrected chi connectivity index (χ1v) is 7.13. The summed E-state index contributed by atoms with van der Waals surface area (Å²) in [4.78, 5) is 1.27. The summed E-state index contributed by atoms with van der Waals surface area (Å²) in [5.41, 5.74) is 2.63. The molecule has 0 aliphatic heterocycles. The zero-order valence-electron chi connectivity index (χ0n) is 11.0. The highest BCUT2D eigenvalue weighted by atomic mass is 32.2. The lowest BCUT2D eigenvalue weighted by Crippen LogP contribution is -2.13. The van der Waals surface area contributed by atoms with Crippen LogP contribution in [0.5, 0.6) is 0 Å². The van der Waals surface area contributed by atoms with Crippen molar-refractivity contribution < 1.29 is 5.11 Å². The highest BCUT2D eigenvalue weighted by molar-refractivity contribution is 8.00. The topological polar surface area (TPSA) is 32.3 Å². The van der Waals surface area contributed by atoms with Gasteiger partial charge < -0.3 is 10.4 Å². The molecular formula is C14H23NOS. The molecule has 17 heavy (non-hydrogen) atoms. The maximum Gasteiger partial charge on any atom is 0.0550 e.